The lowest BCUT2D eigenvalue weighted by Gasteiger charge is -2.07. The SMILES string of the molecule is CCOC(=O)/C=C(\C)C(=O)OC(C)C. The third kappa shape index (κ3) is 5.35. The molecule has 4 heteroatoms. The lowest BCUT2D eigenvalue weighted by Crippen LogP contribution is -2.13. The zero-order valence-corrected chi connectivity index (χ0v) is 8.99. The average Bonchev–Trinajstić information content (AvgIpc) is 2.02. The van der Waals surface area contributed by atoms with Crippen molar-refractivity contribution in [1.82, 2.24) is 0 Å². The molecule has 0 aromatic rings. The van der Waals surface area contributed by atoms with Gasteiger partial charge in [-0.2, -0.15) is 0 Å². The Morgan fingerprint density at radius 2 is 1.93 bits per heavy atom. The molecule has 0 radical (unpaired) electrons. The van der Waals surface area contributed by atoms with E-state index in [-0.39, 0.29) is 11.7 Å². The summed E-state index contributed by atoms with van der Waals surface area (Å²) in [6, 6.07) is 0. The van der Waals surface area contributed by atoms with Crippen LogP contribution in [-0.2, 0) is 19.1 Å². The van der Waals surface area contributed by atoms with Crippen LogP contribution in [0.1, 0.15) is 27.7 Å². The topological polar surface area (TPSA) is 52.6 Å². The van der Waals surface area contributed by atoms with Gasteiger partial charge in [-0.1, -0.05) is 0 Å². The fourth-order valence-electron chi connectivity index (χ4n) is 0.727. The first kappa shape index (κ1) is 12.7. The normalized spacial score (nSPS) is 11.4. The molecule has 0 bridgehead atoms. The molecule has 14 heavy (non-hydrogen) atoms. The van der Waals surface area contributed by atoms with Crippen LogP contribution < -0.4 is 0 Å². The van der Waals surface area contributed by atoms with Gasteiger partial charge in [0.15, 0.2) is 0 Å². The molecule has 0 saturated carbocycles. The van der Waals surface area contributed by atoms with E-state index >= 15 is 0 Å². The van der Waals surface area contributed by atoms with E-state index in [4.69, 9.17) is 4.74 Å². The first-order chi connectivity index (χ1) is 6.47. The van der Waals surface area contributed by atoms with Crippen LogP contribution in [0.25, 0.3) is 0 Å². The van der Waals surface area contributed by atoms with Crippen molar-refractivity contribution in [3.63, 3.8) is 0 Å². The summed E-state index contributed by atoms with van der Waals surface area (Å²) in [4.78, 5) is 22.1. The Kier molecular flexibility index (Phi) is 5.60. The molecule has 0 spiro atoms. The van der Waals surface area contributed by atoms with E-state index in [1.807, 2.05) is 0 Å². The highest BCUT2D eigenvalue weighted by Crippen LogP contribution is 2.00. The highest BCUT2D eigenvalue weighted by atomic mass is 16.5. The van der Waals surface area contributed by atoms with Crippen molar-refractivity contribution in [2.24, 2.45) is 0 Å². The largest absolute Gasteiger partial charge is 0.463 e. The number of rotatable bonds is 4. The lowest BCUT2D eigenvalue weighted by atomic mass is 10.3. The molecule has 0 N–H and O–H groups in total. The van der Waals surface area contributed by atoms with E-state index in [1.165, 1.54) is 6.92 Å². The molecule has 0 rings (SSSR count). The van der Waals surface area contributed by atoms with Crippen LogP contribution in [0.15, 0.2) is 11.6 Å². The molecule has 0 amide bonds. The first-order valence-corrected chi connectivity index (χ1v) is 4.53. The van der Waals surface area contributed by atoms with Crippen LogP contribution >= 0.6 is 0 Å². The highest BCUT2D eigenvalue weighted by molar-refractivity contribution is 5.95. The molecule has 0 aromatic heterocycles. The summed E-state index contributed by atoms with van der Waals surface area (Å²) in [5, 5.41) is 0. The minimum Gasteiger partial charge on any atom is -0.463 e. The van der Waals surface area contributed by atoms with Gasteiger partial charge in [0.2, 0.25) is 0 Å². The Morgan fingerprint density at radius 3 is 2.36 bits per heavy atom. The molecule has 0 aliphatic heterocycles. The minimum absolute atomic E-state index is 0.187. The Hall–Kier alpha value is -1.32. The molecule has 0 aliphatic rings. The van der Waals surface area contributed by atoms with E-state index in [0.29, 0.717) is 6.61 Å². The fraction of sp³-hybridized carbons (Fsp3) is 0.600. The predicted molar refractivity (Wildman–Crippen MR) is 51.6 cm³/mol. The summed E-state index contributed by atoms with van der Waals surface area (Å²) in [5.74, 6) is -1.02. The molecule has 0 unspecified atom stereocenters. The average molecular weight is 200 g/mol. The van der Waals surface area contributed by atoms with Gasteiger partial charge < -0.3 is 9.47 Å². The van der Waals surface area contributed by atoms with Crippen molar-refractivity contribution >= 4 is 11.9 Å². The van der Waals surface area contributed by atoms with Crippen molar-refractivity contribution in [1.29, 1.82) is 0 Å². The van der Waals surface area contributed by atoms with Crippen LogP contribution in [0, 0.1) is 0 Å². The monoisotopic (exact) mass is 200 g/mol. The number of esters is 2. The predicted octanol–water partition coefficient (Wildman–Crippen LogP) is 1.45. The number of hydrogen-bond donors (Lipinski definition) is 0. The van der Waals surface area contributed by atoms with E-state index in [9.17, 15) is 9.59 Å². The maximum atomic E-state index is 11.2. The summed E-state index contributed by atoms with van der Waals surface area (Å²) in [6.07, 6.45) is 0.946. The summed E-state index contributed by atoms with van der Waals surface area (Å²) >= 11 is 0. The Labute approximate surface area is 83.9 Å². The van der Waals surface area contributed by atoms with Crippen molar-refractivity contribution in [3.05, 3.63) is 11.6 Å². The van der Waals surface area contributed by atoms with Crippen LogP contribution in [0.4, 0.5) is 0 Å². The molecule has 4 nitrogen and oxygen atoms in total. The fourth-order valence-corrected chi connectivity index (χ4v) is 0.727. The smallest absolute Gasteiger partial charge is 0.334 e. The molecule has 0 saturated heterocycles. The first-order valence-electron chi connectivity index (χ1n) is 4.53. The summed E-state index contributed by atoms with van der Waals surface area (Å²) in [6.45, 7) is 7.00. The third-order valence-corrected chi connectivity index (χ3v) is 1.29. The molecule has 0 aromatic carbocycles. The molecule has 0 aliphatic carbocycles. The maximum Gasteiger partial charge on any atom is 0.334 e. The number of carbonyl (C=O) groups excluding carboxylic acids is 2. The van der Waals surface area contributed by atoms with Crippen molar-refractivity contribution in [2.45, 2.75) is 33.8 Å². The third-order valence-electron chi connectivity index (χ3n) is 1.29. The Balaban J connectivity index is 4.23. The Bertz CT molecular complexity index is 241. The lowest BCUT2D eigenvalue weighted by molar-refractivity contribution is -0.143. The second kappa shape index (κ2) is 6.18. The van der Waals surface area contributed by atoms with Gasteiger partial charge in [-0.25, -0.2) is 9.59 Å². The zero-order valence-electron chi connectivity index (χ0n) is 8.99. The maximum absolute atomic E-state index is 11.2. The van der Waals surface area contributed by atoms with Crippen LogP contribution in [0.3, 0.4) is 0 Å². The molecule has 0 fully saturated rings. The van der Waals surface area contributed by atoms with Gasteiger partial charge in [-0.05, 0) is 27.7 Å². The molecular formula is C10H16O4. The summed E-state index contributed by atoms with van der Waals surface area (Å²) in [7, 11) is 0. The van der Waals surface area contributed by atoms with E-state index in [0.717, 1.165) is 6.08 Å². The summed E-state index contributed by atoms with van der Waals surface area (Å²) in [5.41, 5.74) is 0.247. The van der Waals surface area contributed by atoms with Gasteiger partial charge in [0.1, 0.15) is 0 Å². The van der Waals surface area contributed by atoms with Crippen LogP contribution in [0.5, 0.6) is 0 Å². The van der Waals surface area contributed by atoms with Crippen LogP contribution in [0.2, 0.25) is 0 Å². The van der Waals surface area contributed by atoms with E-state index < -0.39 is 11.9 Å². The van der Waals surface area contributed by atoms with Gasteiger partial charge in [0.25, 0.3) is 0 Å². The zero-order chi connectivity index (χ0) is 11.1. The van der Waals surface area contributed by atoms with Crippen molar-refractivity contribution in [3.8, 4) is 0 Å². The highest BCUT2D eigenvalue weighted by Gasteiger charge is 2.09. The second-order valence-corrected chi connectivity index (χ2v) is 3.03. The number of ether oxygens (including phenoxy) is 2. The Morgan fingerprint density at radius 1 is 1.36 bits per heavy atom. The van der Waals surface area contributed by atoms with E-state index in [2.05, 4.69) is 4.74 Å². The summed E-state index contributed by atoms with van der Waals surface area (Å²) < 4.78 is 9.52. The van der Waals surface area contributed by atoms with Crippen molar-refractivity contribution < 1.29 is 19.1 Å². The van der Waals surface area contributed by atoms with Gasteiger partial charge in [0, 0.05) is 11.6 Å². The van der Waals surface area contributed by atoms with Gasteiger partial charge in [0.05, 0.1) is 12.7 Å². The number of hydrogen-bond acceptors (Lipinski definition) is 4. The molecule has 0 heterocycles. The molecular weight excluding hydrogens is 184 g/mol. The quantitative estimate of drug-likeness (QED) is 0.509. The minimum atomic E-state index is -0.522. The van der Waals surface area contributed by atoms with Crippen molar-refractivity contribution in [2.75, 3.05) is 6.61 Å². The van der Waals surface area contributed by atoms with Gasteiger partial charge in [-0.15, -0.1) is 0 Å². The van der Waals surface area contributed by atoms with E-state index in [1.54, 1.807) is 20.8 Å². The molecule has 0 atom stereocenters. The van der Waals surface area contributed by atoms with Gasteiger partial charge in [-0.3, -0.25) is 0 Å². The standard InChI is InChI=1S/C10H16O4/c1-5-13-9(11)6-8(4)10(12)14-7(2)3/h6-7H,5H2,1-4H3/b8-6+. The van der Waals surface area contributed by atoms with Crippen LogP contribution in [-0.4, -0.2) is 24.6 Å². The molecule has 80 valence electrons. The van der Waals surface area contributed by atoms with Gasteiger partial charge >= 0.3 is 11.9 Å². The second-order valence-electron chi connectivity index (χ2n) is 3.03. The number of carbonyl (C=O) groups is 2.